The lowest BCUT2D eigenvalue weighted by Gasteiger charge is -2.08. The first-order valence-corrected chi connectivity index (χ1v) is 5.99. The largest absolute Gasteiger partial charge is 0.288 e. The van der Waals surface area contributed by atoms with E-state index in [1.165, 1.54) is 0 Å². The Morgan fingerprint density at radius 2 is 1.33 bits per heavy atom. The molecule has 0 saturated heterocycles. The molecule has 0 aliphatic carbocycles. The molecule has 0 saturated carbocycles. The first-order valence-electron chi connectivity index (χ1n) is 5.99. The standard InChI is InChI=1S/C11H8N10/c1-8(11-16-18-19-17-11)2-10(21-6-14-15-7-21)3-9(1)20-4-12-13-5-20/h1-7H,(H,16,17,18,19). The Hall–Kier alpha value is -3.43. The molecule has 0 amide bonds. The van der Waals surface area contributed by atoms with E-state index >= 15 is 0 Å². The van der Waals surface area contributed by atoms with E-state index in [1.54, 1.807) is 34.4 Å². The third-order valence-corrected chi connectivity index (χ3v) is 2.94. The van der Waals surface area contributed by atoms with E-state index in [2.05, 4.69) is 41.0 Å². The Bertz CT molecular complexity index is 704. The summed E-state index contributed by atoms with van der Waals surface area (Å²) < 4.78 is 3.58. The molecule has 10 heteroatoms. The summed E-state index contributed by atoms with van der Waals surface area (Å²) in [5, 5.41) is 29.3. The fraction of sp³-hybridized carbons (Fsp3) is 0. The topological polar surface area (TPSA) is 116 Å². The lowest BCUT2D eigenvalue weighted by Crippen LogP contribution is -1.97. The average molecular weight is 280 g/mol. The van der Waals surface area contributed by atoms with Gasteiger partial charge in [-0.15, -0.1) is 30.6 Å². The molecule has 0 spiro atoms. The molecule has 0 unspecified atom stereocenters. The summed E-state index contributed by atoms with van der Waals surface area (Å²) in [6, 6.07) is 5.79. The smallest absolute Gasteiger partial charge is 0.204 e. The predicted octanol–water partition coefficient (Wildman–Crippen LogP) is 0.0281. The van der Waals surface area contributed by atoms with E-state index in [-0.39, 0.29) is 0 Å². The van der Waals surface area contributed by atoms with E-state index in [0.29, 0.717) is 5.82 Å². The summed E-state index contributed by atoms with van der Waals surface area (Å²) in [6.45, 7) is 0. The monoisotopic (exact) mass is 280 g/mol. The number of rotatable bonds is 3. The zero-order valence-corrected chi connectivity index (χ0v) is 10.6. The Balaban J connectivity index is 1.92. The van der Waals surface area contributed by atoms with Gasteiger partial charge in [0.1, 0.15) is 25.3 Å². The fourth-order valence-electron chi connectivity index (χ4n) is 1.97. The van der Waals surface area contributed by atoms with Gasteiger partial charge in [-0.2, -0.15) is 5.21 Å². The van der Waals surface area contributed by atoms with Gasteiger partial charge in [0.2, 0.25) is 5.82 Å². The molecule has 21 heavy (non-hydrogen) atoms. The minimum atomic E-state index is 0.499. The molecule has 0 aliphatic heterocycles. The van der Waals surface area contributed by atoms with E-state index in [4.69, 9.17) is 0 Å². The van der Waals surface area contributed by atoms with Crippen LogP contribution in [0.1, 0.15) is 0 Å². The highest BCUT2D eigenvalue weighted by Crippen LogP contribution is 2.22. The maximum atomic E-state index is 4.00. The number of benzene rings is 1. The van der Waals surface area contributed by atoms with Gasteiger partial charge in [0.15, 0.2) is 0 Å². The van der Waals surface area contributed by atoms with Crippen LogP contribution in [-0.4, -0.2) is 50.2 Å². The normalized spacial score (nSPS) is 10.9. The van der Waals surface area contributed by atoms with Gasteiger partial charge in [0.05, 0.1) is 11.4 Å². The van der Waals surface area contributed by atoms with Crippen LogP contribution in [-0.2, 0) is 0 Å². The fourth-order valence-corrected chi connectivity index (χ4v) is 1.97. The second-order valence-corrected chi connectivity index (χ2v) is 4.21. The summed E-state index contributed by atoms with van der Waals surface area (Å²) >= 11 is 0. The zero-order chi connectivity index (χ0) is 14.1. The molecule has 1 aromatic carbocycles. The maximum absolute atomic E-state index is 4.00. The second kappa shape index (κ2) is 4.59. The van der Waals surface area contributed by atoms with Crippen LogP contribution in [0.15, 0.2) is 43.5 Å². The number of hydrogen-bond donors (Lipinski definition) is 1. The van der Waals surface area contributed by atoms with Crippen molar-refractivity contribution in [1.82, 2.24) is 50.2 Å². The molecule has 10 nitrogen and oxygen atoms in total. The Morgan fingerprint density at radius 3 is 1.81 bits per heavy atom. The van der Waals surface area contributed by atoms with Gasteiger partial charge in [-0.25, -0.2) is 0 Å². The number of aromatic nitrogens is 10. The minimum Gasteiger partial charge on any atom is -0.288 e. The summed E-state index contributed by atoms with van der Waals surface area (Å²) in [5.74, 6) is 0.499. The summed E-state index contributed by atoms with van der Waals surface area (Å²) in [4.78, 5) is 0. The molecule has 0 fully saturated rings. The van der Waals surface area contributed by atoms with Crippen LogP contribution in [0, 0.1) is 0 Å². The van der Waals surface area contributed by atoms with Crippen LogP contribution in [0.25, 0.3) is 22.8 Å². The molecular weight excluding hydrogens is 272 g/mol. The molecule has 4 aromatic rings. The van der Waals surface area contributed by atoms with Crippen molar-refractivity contribution in [3.63, 3.8) is 0 Å². The second-order valence-electron chi connectivity index (χ2n) is 4.21. The van der Waals surface area contributed by atoms with Crippen LogP contribution in [0.4, 0.5) is 0 Å². The van der Waals surface area contributed by atoms with Gasteiger partial charge in [-0.3, -0.25) is 9.13 Å². The van der Waals surface area contributed by atoms with Crippen LogP contribution < -0.4 is 0 Å². The molecule has 3 aromatic heterocycles. The molecule has 1 N–H and O–H groups in total. The van der Waals surface area contributed by atoms with Crippen LogP contribution in [0.2, 0.25) is 0 Å². The maximum Gasteiger partial charge on any atom is 0.204 e. The van der Waals surface area contributed by atoms with Crippen LogP contribution >= 0.6 is 0 Å². The minimum absolute atomic E-state index is 0.499. The van der Waals surface area contributed by atoms with Crippen LogP contribution in [0.5, 0.6) is 0 Å². The van der Waals surface area contributed by atoms with E-state index in [1.807, 2.05) is 18.2 Å². The molecule has 102 valence electrons. The highest BCUT2D eigenvalue weighted by atomic mass is 15.5. The van der Waals surface area contributed by atoms with Crippen molar-refractivity contribution in [3.8, 4) is 22.8 Å². The van der Waals surface area contributed by atoms with Gasteiger partial charge < -0.3 is 0 Å². The number of hydrogen-bond acceptors (Lipinski definition) is 7. The number of H-pyrrole nitrogens is 1. The van der Waals surface area contributed by atoms with Crippen molar-refractivity contribution < 1.29 is 0 Å². The molecule has 3 heterocycles. The Kier molecular flexibility index (Phi) is 2.49. The van der Waals surface area contributed by atoms with Gasteiger partial charge in [-0.05, 0) is 23.4 Å². The first kappa shape index (κ1) is 11.4. The van der Waals surface area contributed by atoms with Gasteiger partial charge in [0, 0.05) is 5.56 Å². The van der Waals surface area contributed by atoms with Crippen LogP contribution in [0.3, 0.4) is 0 Å². The van der Waals surface area contributed by atoms with Crippen molar-refractivity contribution in [2.75, 3.05) is 0 Å². The van der Waals surface area contributed by atoms with Gasteiger partial charge >= 0.3 is 0 Å². The van der Waals surface area contributed by atoms with E-state index < -0.39 is 0 Å². The van der Waals surface area contributed by atoms with Crippen molar-refractivity contribution in [2.24, 2.45) is 0 Å². The summed E-state index contributed by atoms with van der Waals surface area (Å²) in [5.41, 5.74) is 2.54. The molecular formula is C11H8N10. The Morgan fingerprint density at radius 1 is 0.762 bits per heavy atom. The lowest BCUT2D eigenvalue weighted by atomic mass is 10.1. The molecule has 4 rings (SSSR count). The average Bonchev–Trinajstić information content (AvgIpc) is 3.29. The molecule has 0 atom stereocenters. The van der Waals surface area contributed by atoms with Crippen molar-refractivity contribution >= 4 is 0 Å². The highest BCUT2D eigenvalue weighted by Gasteiger charge is 2.09. The zero-order valence-electron chi connectivity index (χ0n) is 10.6. The third-order valence-electron chi connectivity index (χ3n) is 2.94. The molecule has 0 aliphatic rings. The van der Waals surface area contributed by atoms with Crippen molar-refractivity contribution in [3.05, 3.63) is 43.5 Å². The van der Waals surface area contributed by atoms with E-state index in [9.17, 15) is 0 Å². The molecule has 0 bridgehead atoms. The number of nitrogens with zero attached hydrogens (tertiary/aromatic N) is 9. The SMILES string of the molecule is c1c(-c2nn[nH]n2)cc(-n2cnnc2)cc1-n1cnnc1. The Labute approximate surface area is 117 Å². The predicted molar refractivity (Wildman–Crippen MR) is 69.4 cm³/mol. The van der Waals surface area contributed by atoms with Crippen molar-refractivity contribution in [1.29, 1.82) is 0 Å². The number of nitrogens with one attached hydrogen (secondary N) is 1. The summed E-state index contributed by atoms with van der Waals surface area (Å²) in [6.07, 6.45) is 6.47. The lowest BCUT2D eigenvalue weighted by molar-refractivity contribution is 0.881. The number of tetrazole rings is 1. The molecule has 0 radical (unpaired) electrons. The van der Waals surface area contributed by atoms with E-state index in [0.717, 1.165) is 16.9 Å². The summed E-state index contributed by atoms with van der Waals surface area (Å²) in [7, 11) is 0. The third kappa shape index (κ3) is 2.04. The highest BCUT2D eigenvalue weighted by molar-refractivity contribution is 5.63. The van der Waals surface area contributed by atoms with Crippen molar-refractivity contribution in [2.45, 2.75) is 0 Å². The first-order chi connectivity index (χ1) is 10.4. The quantitative estimate of drug-likeness (QED) is 0.562. The van der Waals surface area contributed by atoms with Gasteiger partial charge in [0.25, 0.3) is 0 Å². The van der Waals surface area contributed by atoms with Gasteiger partial charge in [-0.1, -0.05) is 0 Å². The number of aromatic amines is 1.